The molecule has 0 N–H and O–H groups in total. The average molecular weight is 363 g/mol. The zero-order valence-corrected chi connectivity index (χ0v) is 14.8. The number of hydrogen-bond donors (Lipinski definition) is 0. The predicted octanol–water partition coefficient (Wildman–Crippen LogP) is 4.61. The smallest absolute Gasteiger partial charge is 0.157 e. The third-order valence-electron chi connectivity index (χ3n) is 4.10. The molecule has 0 aliphatic rings. The van der Waals surface area contributed by atoms with Gasteiger partial charge in [-0.15, -0.1) is 0 Å². The molecule has 0 saturated heterocycles. The third-order valence-corrected chi connectivity index (χ3v) is 4.10. The van der Waals surface area contributed by atoms with Crippen LogP contribution < -0.4 is 4.74 Å². The zero-order chi connectivity index (χ0) is 18.6. The van der Waals surface area contributed by atoms with Gasteiger partial charge in [0.15, 0.2) is 5.76 Å². The number of halogens is 1. The van der Waals surface area contributed by atoms with Crippen LogP contribution in [0.25, 0.3) is 11.3 Å². The maximum absolute atomic E-state index is 13.2. The van der Waals surface area contributed by atoms with Crippen LogP contribution >= 0.6 is 0 Å². The van der Waals surface area contributed by atoms with Gasteiger partial charge in [-0.3, -0.25) is 0 Å². The van der Waals surface area contributed by atoms with Gasteiger partial charge in [-0.2, -0.15) is 0 Å². The first kappa shape index (κ1) is 17.0. The summed E-state index contributed by atoms with van der Waals surface area (Å²) in [7, 11) is 0. The van der Waals surface area contributed by atoms with Gasteiger partial charge in [0.25, 0.3) is 0 Å². The molecular weight excluding hydrogens is 345 g/mol. The molecule has 4 rings (SSSR count). The molecule has 2 aromatic heterocycles. The van der Waals surface area contributed by atoms with Crippen molar-refractivity contribution in [2.75, 3.05) is 0 Å². The molecule has 5 nitrogen and oxygen atoms in total. The Hall–Kier alpha value is -3.41. The van der Waals surface area contributed by atoms with E-state index in [2.05, 4.69) is 10.1 Å². The summed E-state index contributed by atoms with van der Waals surface area (Å²) in [6.07, 6.45) is 3.72. The highest BCUT2D eigenvalue weighted by Gasteiger charge is 2.08. The van der Waals surface area contributed by atoms with Crippen LogP contribution in [0.5, 0.6) is 5.75 Å². The fourth-order valence-corrected chi connectivity index (χ4v) is 2.78. The molecule has 27 heavy (non-hydrogen) atoms. The Bertz CT molecular complexity index is 1040. The minimum absolute atomic E-state index is 0.265. The monoisotopic (exact) mass is 363 g/mol. The molecule has 2 aromatic carbocycles. The highest BCUT2D eigenvalue weighted by molar-refractivity contribution is 5.59. The van der Waals surface area contributed by atoms with E-state index in [9.17, 15) is 4.39 Å². The first-order valence-corrected chi connectivity index (χ1v) is 8.57. The summed E-state index contributed by atoms with van der Waals surface area (Å²) in [5.41, 5.74) is 3.45. The van der Waals surface area contributed by atoms with Crippen molar-refractivity contribution in [3.8, 4) is 17.0 Å². The molecule has 0 aliphatic heterocycles. The van der Waals surface area contributed by atoms with E-state index < -0.39 is 0 Å². The lowest BCUT2D eigenvalue weighted by atomic mass is 10.1. The molecule has 0 atom stereocenters. The van der Waals surface area contributed by atoms with E-state index in [1.165, 1.54) is 12.1 Å². The SMILES string of the molecule is Cc1cn(Cc2cc(-c3ccc(OCc4cccc(F)c4)cc3)no2)cn1. The fraction of sp³-hybridized carbons (Fsp3) is 0.143. The first-order valence-electron chi connectivity index (χ1n) is 8.57. The second-order valence-electron chi connectivity index (χ2n) is 6.31. The molecule has 0 bridgehead atoms. The molecule has 0 unspecified atom stereocenters. The number of benzene rings is 2. The molecule has 0 amide bonds. The second-order valence-corrected chi connectivity index (χ2v) is 6.31. The van der Waals surface area contributed by atoms with Crippen LogP contribution in [0, 0.1) is 12.7 Å². The van der Waals surface area contributed by atoms with Gasteiger partial charge in [0.2, 0.25) is 0 Å². The van der Waals surface area contributed by atoms with E-state index in [1.807, 2.05) is 54.1 Å². The Balaban J connectivity index is 1.40. The van der Waals surface area contributed by atoms with Crippen molar-refractivity contribution < 1.29 is 13.7 Å². The number of rotatable bonds is 6. The zero-order valence-electron chi connectivity index (χ0n) is 14.8. The summed E-state index contributed by atoms with van der Waals surface area (Å²) in [4.78, 5) is 4.20. The molecule has 0 saturated carbocycles. The third kappa shape index (κ3) is 4.23. The van der Waals surface area contributed by atoms with Gasteiger partial charge >= 0.3 is 0 Å². The molecule has 0 fully saturated rings. The highest BCUT2D eigenvalue weighted by atomic mass is 19.1. The Morgan fingerprint density at radius 2 is 1.96 bits per heavy atom. The van der Waals surface area contributed by atoms with E-state index >= 15 is 0 Å². The molecule has 4 aromatic rings. The lowest BCUT2D eigenvalue weighted by Gasteiger charge is -2.06. The number of aryl methyl sites for hydroxylation is 1. The Morgan fingerprint density at radius 3 is 2.70 bits per heavy atom. The summed E-state index contributed by atoms with van der Waals surface area (Å²) < 4.78 is 26.3. The minimum atomic E-state index is -0.265. The molecule has 0 radical (unpaired) electrons. The standard InChI is InChI=1S/C21H18FN3O2/c1-15-11-25(14-23-15)12-20-10-21(24-27-20)17-5-7-19(8-6-17)26-13-16-3-2-4-18(22)9-16/h2-11,14H,12-13H2,1H3. The number of ether oxygens (including phenoxy) is 1. The van der Waals surface area contributed by atoms with Gasteiger partial charge in [0.05, 0.1) is 18.6 Å². The van der Waals surface area contributed by atoms with Crippen LogP contribution in [-0.4, -0.2) is 14.7 Å². The Labute approximate surface area is 156 Å². The van der Waals surface area contributed by atoms with Crippen molar-refractivity contribution >= 4 is 0 Å². The molecule has 0 aliphatic carbocycles. The van der Waals surface area contributed by atoms with E-state index in [-0.39, 0.29) is 5.82 Å². The fourth-order valence-electron chi connectivity index (χ4n) is 2.78. The van der Waals surface area contributed by atoms with Crippen molar-refractivity contribution in [1.82, 2.24) is 14.7 Å². The van der Waals surface area contributed by atoms with Crippen LogP contribution in [0.2, 0.25) is 0 Å². The van der Waals surface area contributed by atoms with Crippen molar-refractivity contribution in [2.24, 2.45) is 0 Å². The molecule has 136 valence electrons. The van der Waals surface area contributed by atoms with Crippen LogP contribution in [0.4, 0.5) is 4.39 Å². The van der Waals surface area contributed by atoms with E-state index in [4.69, 9.17) is 9.26 Å². The summed E-state index contributed by atoms with van der Waals surface area (Å²) in [6, 6.07) is 15.9. The molecular formula is C21H18FN3O2. The van der Waals surface area contributed by atoms with Gasteiger partial charge in [-0.05, 0) is 48.9 Å². The van der Waals surface area contributed by atoms with Crippen molar-refractivity contribution in [3.63, 3.8) is 0 Å². The molecule has 6 heteroatoms. The quantitative estimate of drug-likeness (QED) is 0.502. The lowest BCUT2D eigenvalue weighted by molar-refractivity contribution is 0.305. The van der Waals surface area contributed by atoms with Gasteiger partial charge in [0.1, 0.15) is 23.9 Å². The number of imidazole rings is 1. The maximum Gasteiger partial charge on any atom is 0.157 e. The Morgan fingerprint density at radius 1 is 1.11 bits per heavy atom. The lowest BCUT2D eigenvalue weighted by Crippen LogP contribution is -1.95. The second kappa shape index (κ2) is 7.45. The largest absolute Gasteiger partial charge is 0.489 e. The summed E-state index contributed by atoms with van der Waals surface area (Å²) in [5.74, 6) is 1.20. The van der Waals surface area contributed by atoms with Gasteiger partial charge in [-0.25, -0.2) is 9.37 Å². The molecule has 0 spiro atoms. The van der Waals surface area contributed by atoms with Crippen LogP contribution in [-0.2, 0) is 13.2 Å². The van der Waals surface area contributed by atoms with E-state index in [0.717, 1.165) is 28.3 Å². The van der Waals surface area contributed by atoms with Gasteiger partial charge in [0, 0.05) is 17.8 Å². The van der Waals surface area contributed by atoms with Crippen molar-refractivity contribution in [3.05, 3.63) is 90.0 Å². The maximum atomic E-state index is 13.2. The van der Waals surface area contributed by atoms with Crippen LogP contribution in [0.3, 0.4) is 0 Å². The number of aromatic nitrogens is 3. The number of hydrogen-bond acceptors (Lipinski definition) is 4. The summed E-state index contributed by atoms with van der Waals surface area (Å²) in [6.45, 7) is 2.85. The van der Waals surface area contributed by atoms with Crippen LogP contribution in [0.15, 0.2) is 71.6 Å². The van der Waals surface area contributed by atoms with E-state index in [0.29, 0.717) is 18.9 Å². The molecule has 2 heterocycles. The van der Waals surface area contributed by atoms with Crippen LogP contribution in [0.1, 0.15) is 17.0 Å². The van der Waals surface area contributed by atoms with Gasteiger partial charge in [-0.1, -0.05) is 17.3 Å². The number of nitrogens with zero attached hydrogens (tertiary/aromatic N) is 3. The summed E-state index contributed by atoms with van der Waals surface area (Å²) in [5, 5.41) is 4.13. The normalized spacial score (nSPS) is 10.9. The Kier molecular flexibility index (Phi) is 4.70. The minimum Gasteiger partial charge on any atom is -0.489 e. The average Bonchev–Trinajstić information content (AvgIpc) is 3.30. The highest BCUT2D eigenvalue weighted by Crippen LogP contribution is 2.23. The predicted molar refractivity (Wildman–Crippen MR) is 98.7 cm³/mol. The first-order chi connectivity index (χ1) is 13.2. The van der Waals surface area contributed by atoms with Crippen molar-refractivity contribution in [1.29, 1.82) is 0 Å². The topological polar surface area (TPSA) is 53.1 Å². The van der Waals surface area contributed by atoms with E-state index in [1.54, 1.807) is 12.4 Å². The van der Waals surface area contributed by atoms with Gasteiger partial charge < -0.3 is 13.8 Å². The van der Waals surface area contributed by atoms with Crippen molar-refractivity contribution in [2.45, 2.75) is 20.1 Å². The summed E-state index contributed by atoms with van der Waals surface area (Å²) >= 11 is 0.